The molecule has 7 heteroatoms. The van der Waals surface area contributed by atoms with Crippen LogP contribution in [0.5, 0.6) is 11.5 Å². The lowest BCUT2D eigenvalue weighted by Crippen LogP contribution is -2.48. The van der Waals surface area contributed by atoms with Crippen LogP contribution in [0.1, 0.15) is 22.8 Å². The first-order valence-electron chi connectivity index (χ1n) is 8.10. The number of carbonyl (C=O) groups is 2. The number of phenolic OH excluding ortho intramolecular Hbond substituents is 2. The maximum Gasteiger partial charge on any atom is 0.326 e. The fourth-order valence-corrected chi connectivity index (χ4v) is 2.34. The number of esters is 1. The topological polar surface area (TPSA) is 122 Å². The van der Waals surface area contributed by atoms with Crippen molar-refractivity contribution in [3.63, 3.8) is 0 Å². The maximum absolute atomic E-state index is 12.2. The monoisotopic (exact) mass is 358 g/mol. The number of amides is 1. The van der Waals surface area contributed by atoms with E-state index in [1.807, 2.05) is 6.07 Å². The van der Waals surface area contributed by atoms with Crippen LogP contribution >= 0.6 is 0 Å². The van der Waals surface area contributed by atoms with Crippen molar-refractivity contribution in [2.45, 2.75) is 18.9 Å². The van der Waals surface area contributed by atoms with Crippen LogP contribution in [0, 0.1) is 0 Å². The summed E-state index contributed by atoms with van der Waals surface area (Å²) in [6.07, 6.45) is 0.121. The Morgan fingerprint density at radius 2 is 1.81 bits per heavy atom. The average molecular weight is 358 g/mol. The van der Waals surface area contributed by atoms with Gasteiger partial charge >= 0.3 is 5.97 Å². The second-order valence-corrected chi connectivity index (χ2v) is 6.18. The van der Waals surface area contributed by atoms with Crippen molar-refractivity contribution in [1.29, 1.82) is 0 Å². The molecule has 0 aliphatic carbocycles. The Morgan fingerprint density at radius 1 is 1.12 bits per heavy atom. The van der Waals surface area contributed by atoms with E-state index in [0.717, 1.165) is 0 Å². The number of phenols is 2. The van der Waals surface area contributed by atoms with Gasteiger partial charge in [-0.1, -0.05) is 24.3 Å². The summed E-state index contributed by atoms with van der Waals surface area (Å²) in [6, 6.07) is 12.9. The van der Waals surface area contributed by atoms with Crippen LogP contribution < -0.4 is 11.1 Å². The summed E-state index contributed by atoms with van der Waals surface area (Å²) in [5.41, 5.74) is 5.80. The molecule has 0 aromatic heterocycles. The molecule has 5 N–H and O–H groups in total. The Bertz CT molecular complexity index is 775. The van der Waals surface area contributed by atoms with Gasteiger partial charge in [-0.15, -0.1) is 0 Å². The first-order chi connectivity index (χ1) is 12.3. The second-order valence-electron chi connectivity index (χ2n) is 6.18. The number of nitrogens with two attached hydrogens (primary N) is 1. The first-order valence-corrected chi connectivity index (χ1v) is 8.10. The maximum atomic E-state index is 12.2. The largest absolute Gasteiger partial charge is 0.504 e. The Labute approximate surface area is 151 Å². The molecule has 1 atom stereocenters. The van der Waals surface area contributed by atoms with Crippen molar-refractivity contribution in [2.24, 2.45) is 5.73 Å². The highest BCUT2D eigenvalue weighted by Gasteiger charge is 2.30. The summed E-state index contributed by atoms with van der Waals surface area (Å²) in [6.45, 7) is 1.67. The van der Waals surface area contributed by atoms with E-state index in [4.69, 9.17) is 10.5 Å². The molecule has 2 aromatic rings. The third kappa shape index (κ3) is 5.22. The number of rotatable bonds is 7. The van der Waals surface area contributed by atoms with Crippen molar-refractivity contribution in [3.8, 4) is 11.5 Å². The predicted octanol–water partition coefficient (Wildman–Crippen LogP) is 1.33. The van der Waals surface area contributed by atoms with Crippen LogP contribution in [0.15, 0.2) is 48.5 Å². The minimum atomic E-state index is -1.31. The van der Waals surface area contributed by atoms with Crippen LogP contribution in [-0.4, -0.2) is 40.8 Å². The summed E-state index contributed by atoms with van der Waals surface area (Å²) in [5.74, 6) is -1.41. The van der Waals surface area contributed by atoms with Crippen LogP contribution in [0.25, 0.3) is 0 Å². The number of benzene rings is 2. The first kappa shape index (κ1) is 19.3. The molecule has 0 radical (unpaired) electrons. The van der Waals surface area contributed by atoms with Crippen molar-refractivity contribution in [1.82, 2.24) is 5.32 Å². The molecule has 0 saturated carbocycles. The molecule has 0 bridgehead atoms. The fourth-order valence-electron chi connectivity index (χ4n) is 2.34. The molecule has 2 aromatic carbocycles. The van der Waals surface area contributed by atoms with E-state index >= 15 is 0 Å². The zero-order valence-electron chi connectivity index (χ0n) is 14.4. The third-order valence-electron chi connectivity index (χ3n) is 3.73. The Hall–Kier alpha value is -3.06. The van der Waals surface area contributed by atoms with Gasteiger partial charge in [0.1, 0.15) is 12.1 Å². The van der Waals surface area contributed by atoms with E-state index < -0.39 is 11.5 Å². The van der Waals surface area contributed by atoms with Crippen molar-refractivity contribution >= 4 is 11.9 Å². The number of aromatic hydroxyl groups is 2. The summed E-state index contributed by atoms with van der Waals surface area (Å²) >= 11 is 0. The minimum Gasteiger partial charge on any atom is -0.504 e. The van der Waals surface area contributed by atoms with Gasteiger partial charge in [-0.05, 0) is 36.8 Å². The van der Waals surface area contributed by atoms with Gasteiger partial charge in [0, 0.05) is 12.0 Å². The highest BCUT2D eigenvalue weighted by Crippen LogP contribution is 2.26. The second kappa shape index (κ2) is 8.35. The smallest absolute Gasteiger partial charge is 0.326 e. The Balaban J connectivity index is 1.80. The Morgan fingerprint density at radius 3 is 2.46 bits per heavy atom. The zero-order chi connectivity index (χ0) is 19.2. The highest BCUT2D eigenvalue weighted by molar-refractivity contribution is 5.94. The lowest BCUT2D eigenvalue weighted by molar-refractivity contribution is -0.149. The molecule has 0 heterocycles. The lowest BCUT2D eigenvalue weighted by Gasteiger charge is -2.22. The fraction of sp³-hybridized carbons (Fsp3) is 0.263. The summed E-state index contributed by atoms with van der Waals surface area (Å²) in [4.78, 5) is 24.0. The van der Waals surface area contributed by atoms with Gasteiger partial charge in [0.25, 0.3) is 5.91 Å². The van der Waals surface area contributed by atoms with E-state index in [-0.39, 0.29) is 37.0 Å². The molecule has 138 valence electrons. The molecule has 0 saturated heterocycles. The van der Waals surface area contributed by atoms with Crippen LogP contribution in [0.3, 0.4) is 0 Å². The van der Waals surface area contributed by atoms with Gasteiger partial charge < -0.3 is 26.0 Å². The van der Waals surface area contributed by atoms with Gasteiger partial charge in [-0.3, -0.25) is 9.59 Å². The number of nitrogens with one attached hydrogen (secondary N) is 1. The SMILES string of the molecule is CC(N)(Cc1ccc(O)c(O)c1)C(=O)OCCNC(=O)c1ccccc1. The summed E-state index contributed by atoms with van der Waals surface area (Å²) in [7, 11) is 0. The third-order valence-corrected chi connectivity index (χ3v) is 3.73. The van der Waals surface area contributed by atoms with Gasteiger partial charge in [-0.2, -0.15) is 0 Å². The molecule has 0 spiro atoms. The molecular formula is C19H22N2O5. The Kier molecular flexibility index (Phi) is 6.19. The average Bonchev–Trinajstić information content (AvgIpc) is 2.62. The van der Waals surface area contributed by atoms with E-state index in [0.29, 0.717) is 11.1 Å². The number of hydrogen-bond donors (Lipinski definition) is 4. The number of ether oxygens (including phenoxy) is 1. The standard InChI is InChI=1S/C19H22N2O5/c1-19(20,12-13-7-8-15(22)16(23)11-13)18(25)26-10-9-21-17(24)14-5-3-2-4-6-14/h2-8,11,22-23H,9-10,12,20H2,1H3,(H,21,24). The van der Waals surface area contributed by atoms with E-state index in [2.05, 4.69) is 5.32 Å². The number of carbonyl (C=O) groups excluding carboxylic acids is 2. The van der Waals surface area contributed by atoms with E-state index in [1.165, 1.54) is 19.1 Å². The normalized spacial score (nSPS) is 12.8. The summed E-state index contributed by atoms with van der Waals surface area (Å²) in [5, 5.41) is 21.5. The molecule has 0 aliphatic rings. The van der Waals surface area contributed by atoms with Crippen molar-refractivity contribution in [3.05, 3.63) is 59.7 Å². The zero-order valence-corrected chi connectivity index (χ0v) is 14.4. The molecule has 26 heavy (non-hydrogen) atoms. The van der Waals surface area contributed by atoms with E-state index in [1.54, 1.807) is 30.3 Å². The van der Waals surface area contributed by atoms with Crippen LogP contribution in [-0.2, 0) is 16.0 Å². The minimum absolute atomic E-state index is 0.00890. The van der Waals surface area contributed by atoms with E-state index in [9.17, 15) is 19.8 Å². The predicted molar refractivity (Wildman–Crippen MR) is 95.8 cm³/mol. The highest BCUT2D eigenvalue weighted by atomic mass is 16.5. The quantitative estimate of drug-likeness (QED) is 0.336. The van der Waals surface area contributed by atoms with Crippen LogP contribution in [0.4, 0.5) is 0 Å². The lowest BCUT2D eigenvalue weighted by atomic mass is 9.94. The van der Waals surface area contributed by atoms with Gasteiger partial charge in [0.2, 0.25) is 0 Å². The molecular weight excluding hydrogens is 336 g/mol. The van der Waals surface area contributed by atoms with Crippen molar-refractivity contribution in [2.75, 3.05) is 13.2 Å². The molecule has 0 aliphatic heterocycles. The molecule has 0 fully saturated rings. The number of hydrogen-bond acceptors (Lipinski definition) is 6. The van der Waals surface area contributed by atoms with Crippen LogP contribution in [0.2, 0.25) is 0 Å². The molecule has 7 nitrogen and oxygen atoms in total. The van der Waals surface area contributed by atoms with Crippen molar-refractivity contribution < 1.29 is 24.5 Å². The van der Waals surface area contributed by atoms with Gasteiger partial charge in [0.15, 0.2) is 11.5 Å². The van der Waals surface area contributed by atoms with Gasteiger partial charge in [0.05, 0.1) is 6.54 Å². The van der Waals surface area contributed by atoms with Gasteiger partial charge in [-0.25, -0.2) is 0 Å². The summed E-state index contributed by atoms with van der Waals surface area (Å²) < 4.78 is 5.13. The molecule has 1 unspecified atom stereocenters. The molecule has 1 amide bonds. The molecule has 2 rings (SSSR count).